The van der Waals surface area contributed by atoms with Gasteiger partial charge in [-0.05, 0) is 59.9 Å². The molecule has 3 aromatic carbocycles. The van der Waals surface area contributed by atoms with E-state index >= 15 is 0 Å². The molecule has 0 bridgehead atoms. The van der Waals surface area contributed by atoms with Gasteiger partial charge in [0.05, 0.1) is 13.7 Å². The zero-order chi connectivity index (χ0) is 28.4. The van der Waals surface area contributed by atoms with Gasteiger partial charge < -0.3 is 34.2 Å². The van der Waals surface area contributed by atoms with Crippen LogP contribution in [0, 0.1) is 0 Å². The smallest absolute Gasteiger partial charge is 0.204 e. The van der Waals surface area contributed by atoms with Crippen LogP contribution in [0.3, 0.4) is 0 Å². The van der Waals surface area contributed by atoms with Crippen molar-refractivity contribution in [2.45, 2.75) is 25.7 Å². The standard InChI is InChI=1S/C32H31NO7/c1-4-23-13-21(16-33-23)19-6-5-7-20(12-19)22(17-38-2)14-25-29(36)32(39-3)30(37)28-26(35)15-27(40-31(25)28)18-8-10-24(34)11-9-18/h5-13,15-16,22,33-34,36-37H,4,14,17H2,1-3H3/t22-/m0/s1. The number of H-pyrrole nitrogens is 1. The summed E-state index contributed by atoms with van der Waals surface area (Å²) >= 11 is 0. The minimum atomic E-state index is -0.495. The molecule has 0 saturated carbocycles. The highest BCUT2D eigenvalue weighted by Gasteiger charge is 2.27. The van der Waals surface area contributed by atoms with Crippen molar-refractivity contribution in [2.24, 2.45) is 0 Å². The molecule has 0 aliphatic heterocycles. The SMILES string of the molecule is CCc1cc(-c2cccc([C@H](COC)Cc3c(O)c(OC)c(O)c4c(=O)cc(-c5ccc(O)cc5)oc34)c2)c[nH]1. The first-order valence-corrected chi connectivity index (χ1v) is 13.0. The number of nitrogens with one attached hydrogen (secondary N) is 1. The van der Waals surface area contributed by atoms with Gasteiger partial charge in [-0.1, -0.05) is 31.2 Å². The Morgan fingerprint density at radius 2 is 1.70 bits per heavy atom. The van der Waals surface area contributed by atoms with Gasteiger partial charge in [-0.2, -0.15) is 0 Å². The zero-order valence-electron chi connectivity index (χ0n) is 22.5. The average Bonchev–Trinajstić information content (AvgIpc) is 3.45. The third kappa shape index (κ3) is 5.01. The van der Waals surface area contributed by atoms with E-state index in [4.69, 9.17) is 13.9 Å². The summed E-state index contributed by atoms with van der Waals surface area (Å²) in [5.41, 5.74) is 4.64. The molecule has 0 amide bonds. The number of aromatic nitrogens is 1. The van der Waals surface area contributed by atoms with E-state index in [0.717, 1.165) is 28.8 Å². The Hall–Kier alpha value is -4.69. The molecule has 8 nitrogen and oxygen atoms in total. The first kappa shape index (κ1) is 26.9. The van der Waals surface area contributed by atoms with Gasteiger partial charge in [0.2, 0.25) is 5.75 Å². The van der Waals surface area contributed by atoms with Crippen molar-refractivity contribution in [3.8, 4) is 45.4 Å². The van der Waals surface area contributed by atoms with Crippen LogP contribution in [0.5, 0.6) is 23.0 Å². The highest BCUT2D eigenvalue weighted by Crippen LogP contribution is 2.46. The van der Waals surface area contributed by atoms with E-state index in [0.29, 0.717) is 17.7 Å². The van der Waals surface area contributed by atoms with Gasteiger partial charge in [0.15, 0.2) is 16.9 Å². The highest BCUT2D eigenvalue weighted by atomic mass is 16.5. The summed E-state index contributed by atoms with van der Waals surface area (Å²) < 4.78 is 17.1. The molecule has 0 fully saturated rings. The lowest BCUT2D eigenvalue weighted by Crippen LogP contribution is -2.12. The fourth-order valence-corrected chi connectivity index (χ4v) is 5.06. The predicted octanol–water partition coefficient (Wildman–Crippen LogP) is 6.12. The van der Waals surface area contributed by atoms with Crippen molar-refractivity contribution in [1.29, 1.82) is 0 Å². The molecule has 0 spiro atoms. The van der Waals surface area contributed by atoms with Crippen LogP contribution in [0.2, 0.25) is 0 Å². The van der Waals surface area contributed by atoms with E-state index in [-0.39, 0.29) is 46.3 Å². The Morgan fingerprint density at radius 3 is 2.38 bits per heavy atom. The second-order valence-corrected chi connectivity index (χ2v) is 9.68. The molecule has 5 rings (SSSR count). The lowest BCUT2D eigenvalue weighted by Gasteiger charge is -2.20. The number of methoxy groups -OCH3 is 2. The summed E-state index contributed by atoms with van der Waals surface area (Å²) in [6, 6.07) is 17.7. The van der Waals surface area contributed by atoms with Gasteiger partial charge >= 0.3 is 0 Å². The molecule has 2 heterocycles. The molecule has 0 saturated heterocycles. The molecule has 1 atom stereocenters. The number of aryl methyl sites for hydroxylation is 1. The molecule has 8 heteroatoms. The first-order chi connectivity index (χ1) is 19.3. The van der Waals surface area contributed by atoms with Gasteiger partial charge in [0.1, 0.15) is 22.5 Å². The van der Waals surface area contributed by atoms with Crippen molar-refractivity contribution >= 4 is 11.0 Å². The minimum absolute atomic E-state index is 0.0573. The summed E-state index contributed by atoms with van der Waals surface area (Å²) in [4.78, 5) is 16.6. The molecule has 0 radical (unpaired) electrons. The number of phenols is 3. The van der Waals surface area contributed by atoms with E-state index < -0.39 is 11.2 Å². The van der Waals surface area contributed by atoms with Crippen molar-refractivity contribution in [3.05, 3.63) is 93.9 Å². The molecule has 206 valence electrons. The van der Waals surface area contributed by atoms with E-state index in [1.54, 1.807) is 19.2 Å². The van der Waals surface area contributed by atoms with Crippen LogP contribution < -0.4 is 10.2 Å². The zero-order valence-corrected chi connectivity index (χ0v) is 22.5. The third-order valence-electron chi connectivity index (χ3n) is 7.16. The molecule has 0 unspecified atom stereocenters. The normalized spacial score (nSPS) is 12.1. The van der Waals surface area contributed by atoms with Crippen molar-refractivity contribution in [3.63, 3.8) is 0 Å². The molecule has 2 aromatic heterocycles. The number of phenolic OH excluding ortho intramolecular Hbond substituents is 3. The number of hydrogen-bond donors (Lipinski definition) is 4. The van der Waals surface area contributed by atoms with E-state index in [2.05, 4.69) is 24.0 Å². The average molecular weight is 542 g/mol. The number of hydrogen-bond acceptors (Lipinski definition) is 7. The Balaban J connectivity index is 1.66. The molecule has 0 aliphatic rings. The van der Waals surface area contributed by atoms with Crippen molar-refractivity contribution in [2.75, 3.05) is 20.8 Å². The van der Waals surface area contributed by atoms with E-state index in [9.17, 15) is 20.1 Å². The summed E-state index contributed by atoms with van der Waals surface area (Å²) in [5.74, 6) is -0.935. The van der Waals surface area contributed by atoms with Crippen molar-refractivity contribution < 1.29 is 29.2 Å². The van der Waals surface area contributed by atoms with E-state index in [1.165, 1.54) is 25.3 Å². The summed E-state index contributed by atoms with van der Waals surface area (Å²) in [6.07, 6.45) is 3.11. The van der Waals surface area contributed by atoms with Crippen LogP contribution in [0.1, 0.15) is 29.7 Å². The van der Waals surface area contributed by atoms with Gasteiger partial charge in [-0.15, -0.1) is 0 Å². The maximum absolute atomic E-state index is 13.3. The van der Waals surface area contributed by atoms with E-state index in [1.807, 2.05) is 24.4 Å². The lowest BCUT2D eigenvalue weighted by atomic mass is 9.89. The van der Waals surface area contributed by atoms with Crippen LogP contribution in [0.25, 0.3) is 33.4 Å². The van der Waals surface area contributed by atoms with Gasteiger partial charge in [-0.25, -0.2) is 0 Å². The lowest BCUT2D eigenvalue weighted by molar-refractivity contribution is 0.178. The van der Waals surface area contributed by atoms with Gasteiger partial charge in [-0.3, -0.25) is 4.79 Å². The molecular weight excluding hydrogens is 510 g/mol. The van der Waals surface area contributed by atoms with Gasteiger partial charge in [0, 0.05) is 42.1 Å². The fraction of sp³-hybridized carbons (Fsp3) is 0.219. The molecule has 5 aromatic rings. The second-order valence-electron chi connectivity index (χ2n) is 9.68. The first-order valence-electron chi connectivity index (χ1n) is 13.0. The summed E-state index contributed by atoms with van der Waals surface area (Å²) in [7, 11) is 2.92. The summed E-state index contributed by atoms with van der Waals surface area (Å²) in [6.45, 7) is 2.41. The fourth-order valence-electron chi connectivity index (χ4n) is 5.06. The Morgan fingerprint density at radius 1 is 0.925 bits per heavy atom. The van der Waals surface area contributed by atoms with Crippen LogP contribution in [0.15, 0.2) is 76.1 Å². The molecular formula is C32H31NO7. The van der Waals surface area contributed by atoms with Crippen LogP contribution in [-0.2, 0) is 17.6 Å². The monoisotopic (exact) mass is 541 g/mol. The molecule has 0 aliphatic carbocycles. The number of rotatable bonds is 9. The third-order valence-corrected chi connectivity index (χ3v) is 7.16. The predicted molar refractivity (Wildman–Crippen MR) is 153 cm³/mol. The maximum Gasteiger partial charge on any atom is 0.204 e. The Kier molecular flexibility index (Phi) is 7.53. The molecule has 40 heavy (non-hydrogen) atoms. The summed E-state index contributed by atoms with van der Waals surface area (Å²) in [5, 5.41) is 31.7. The Bertz CT molecular complexity index is 1720. The quantitative estimate of drug-likeness (QED) is 0.177. The number of aromatic amines is 1. The number of fused-ring (bicyclic) bond motifs is 1. The van der Waals surface area contributed by atoms with Crippen LogP contribution in [-0.4, -0.2) is 41.1 Å². The van der Waals surface area contributed by atoms with Crippen LogP contribution >= 0.6 is 0 Å². The second kappa shape index (κ2) is 11.2. The topological polar surface area (TPSA) is 125 Å². The molecule has 4 N–H and O–H groups in total. The highest BCUT2D eigenvalue weighted by molar-refractivity contribution is 5.92. The van der Waals surface area contributed by atoms with Crippen molar-refractivity contribution in [1.82, 2.24) is 4.98 Å². The number of benzene rings is 3. The number of aromatic hydroxyl groups is 3. The number of ether oxygens (including phenoxy) is 2. The minimum Gasteiger partial charge on any atom is -0.508 e. The maximum atomic E-state index is 13.3. The largest absolute Gasteiger partial charge is 0.508 e. The van der Waals surface area contributed by atoms with Gasteiger partial charge in [0.25, 0.3) is 0 Å². The Labute approximate surface area is 231 Å². The van der Waals surface area contributed by atoms with Crippen LogP contribution in [0.4, 0.5) is 0 Å².